The van der Waals surface area contributed by atoms with Crippen molar-refractivity contribution in [1.29, 1.82) is 0 Å². The third-order valence-electron chi connectivity index (χ3n) is 6.96. The number of methoxy groups -OCH3 is 1. The molecule has 0 atom stereocenters. The third kappa shape index (κ3) is 20.4. The Morgan fingerprint density at radius 2 is 0.804 bits per heavy atom. The standard InChI is InChI=1S/C35H38O7.7C2H6/c1-21-16-29(41-34-23(3)12-27(13-24(34)4)18-33(37)38-7)8-10-31(21)39-20-40-32-11-9-30(17-22(32)2)42-35-25(5)14-28(19-36)15-26(35)6;7*1-2/h8-17,36H,18-20H2,1-7H3;7*1-2H3. The van der Waals surface area contributed by atoms with Gasteiger partial charge in [0.25, 0.3) is 0 Å². The van der Waals surface area contributed by atoms with Crippen LogP contribution < -0.4 is 18.9 Å². The van der Waals surface area contributed by atoms with Crippen LogP contribution in [-0.2, 0) is 22.6 Å². The number of hydrogen-bond donors (Lipinski definition) is 1. The van der Waals surface area contributed by atoms with E-state index >= 15 is 0 Å². The van der Waals surface area contributed by atoms with Crippen molar-refractivity contribution in [2.24, 2.45) is 0 Å². The highest BCUT2D eigenvalue weighted by molar-refractivity contribution is 5.72. The van der Waals surface area contributed by atoms with E-state index in [1.165, 1.54) is 7.11 Å². The van der Waals surface area contributed by atoms with Crippen LogP contribution in [0, 0.1) is 41.5 Å². The summed E-state index contributed by atoms with van der Waals surface area (Å²) in [5.74, 6) is 4.06. The number of carbonyl (C=O) groups is 1. The molecule has 318 valence electrons. The summed E-state index contributed by atoms with van der Waals surface area (Å²) in [7, 11) is 1.39. The van der Waals surface area contributed by atoms with Gasteiger partial charge in [-0.05, 0) is 122 Å². The van der Waals surface area contributed by atoms with E-state index in [1.54, 1.807) is 0 Å². The van der Waals surface area contributed by atoms with Gasteiger partial charge in [-0.25, -0.2) is 0 Å². The molecule has 7 heteroatoms. The average Bonchev–Trinajstić information content (AvgIpc) is 3.24. The van der Waals surface area contributed by atoms with Crippen molar-refractivity contribution in [2.75, 3.05) is 13.9 Å². The Labute approximate surface area is 343 Å². The maximum atomic E-state index is 11.6. The lowest BCUT2D eigenvalue weighted by atomic mass is 10.0. The Kier molecular flexibility index (Phi) is 37.6. The molecule has 0 radical (unpaired) electrons. The van der Waals surface area contributed by atoms with E-state index in [9.17, 15) is 9.90 Å². The van der Waals surface area contributed by atoms with Gasteiger partial charge in [0, 0.05) is 0 Å². The smallest absolute Gasteiger partial charge is 0.309 e. The molecule has 0 heterocycles. The van der Waals surface area contributed by atoms with Crippen molar-refractivity contribution in [3.8, 4) is 34.5 Å². The lowest BCUT2D eigenvalue weighted by molar-refractivity contribution is -0.139. The molecule has 0 aliphatic heterocycles. The SMILES string of the molecule is CC.CC.CC.CC.CC.CC.CC.COC(=O)Cc1cc(C)c(Oc2ccc(OCOc3ccc(Oc4c(C)cc(CO)cc4C)cc3C)c(C)c2)c(C)c1. The van der Waals surface area contributed by atoms with E-state index in [0.717, 1.165) is 56.0 Å². The maximum Gasteiger partial charge on any atom is 0.309 e. The number of hydrogen-bond acceptors (Lipinski definition) is 7. The van der Waals surface area contributed by atoms with Gasteiger partial charge >= 0.3 is 5.97 Å². The first-order chi connectivity index (χ1) is 27.1. The third-order valence-corrected chi connectivity index (χ3v) is 6.96. The summed E-state index contributed by atoms with van der Waals surface area (Å²) < 4.78 is 29.0. The minimum atomic E-state index is -0.273. The van der Waals surface area contributed by atoms with E-state index in [-0.39, 0.29) is 25.8 Å². The van der Waals surface area contributed by atoms with Gasteiger partial charge < -0.3 is 28.8 Å². The van der Waals surface area contributed by atoms with Gasteiger partial charge in [0.05, 0.1) is 20.1 Å². The van der Waals surface area contributed by atoms with Gasteiger partial charge in [-0.3, -0.25) is 4.79 Å². The van der Waals surface area contributed by atoms with Crippen LogP contribution in [0.4, 0.5) is 0 Å². The summed E-state index contributed by atoms with van der Waals surface area (Å²) in [4.78, 5) is 11.6. The average molecular weight is 781 g/mol. The van der Waals surface area contributed by atoms with Crippen LogP contribution in [0.15, 0.2) is 60.7 Å². The number of carbonyl (C=O) groups excluding carboxylic acids is 1. The first-order valence-electron chi connectivity index (χ1n) is 20.8. The van der Waals surface area contributed by atoms with Crippen molar-refractivity contribution in [3.05, 3.63) is 105 Å². The first kappa shape index (κ1) is 58.2. The number of aryl methyl sites for hydroxylation is 6. The molecule has 0 aromatic heterocycles. The van der Waals surface area contributed by atoms with Crippen LogP contribution in [0.25, 0.3) is 0 Å². The molecule has 4 aromatic carbocycles. The van der Waals surface area contributed by atoms with Gasteiger partial charge in [-0.1, -0.05) is 121 Å². The van der Waals surface area contributed by atoms with Crippen LogP contribution in [-0.4, -0.2) is 25.0 Å². The molecule has 0 amide bonds. The summed E-state index contributed by atoms with van der Waals surface area (Å²) in [6.07, 6.45) is 0.225. The molecule has 0 fully saturated rings. The highest BCUT2D eigenvalue weighted by Gasteiger charge is 2.13. The fourth-order valence-corrected chi connectivity index (χ4v) is 4.92. The van der Waals surface area contributed by atoms with E-state index in [4.69, 9.17) is 23.7 Å². The van der Waals surface area contributed by atoms with Crippen LogP contribution in [0.5, 0.6) is 34.5 Å². The number of aliphatic hydroxyl groups excluding tert-OH is 1. The summed E-state index contributed by atoms with van der Waals surface area (Å²) in [5, 5.41) is 9.43. The van der Waals surface area contributed by atoms with Crippen molar-refractivity contribution >= 4 is 5.97 Å². The Balaban J connectivity index is -0.000000869. The van der Waals surface area contributed by atoms with Crippen molar-refractivity contribution in [2.45, 2.75) is 152 Å². The fourth-order valence-electron chi connectivity index (χ4n) is 4.92. The summed E-state index contributed by atoms with van der Waals surface area (Å²) in [6, 6.07) is 19.0. The Morgan fingerprint density at radius 3 is 1.09 bits per heavy atom. The van der Waals surface area contributed by atoms with E-state index < -0.39 is 0 Å². The largest absolute Gasteiger partial charge is 0.469 e. The van der Waals surface area contributed by atoms with E-state index in [2.05, 4.69) is 0 Å². The lowest BCUT2D eigenvalue weighted by Crippen LogP contribution is -2.07. The monoisotopic (exact) mass is 781 g/mol. The number of aliphatic hydroxyl groups is 1. The molecule has 7 nitrogen and oxygen atoms in total. The van der Waals surface area contributed by atoms with E-state index in [1.807, 2.05) is 199 Å². The molecule has 4 rings (SSSR count). The van der Waals surface area contributed by atoms with Gasteiger partial charge in [0.1, 0.15) is 34.5 Å². The molecule has 4 aromatic rings. The van der Waals surface area contributed by atoms with Crippen molar-refractivity contribution in [1.82, 2.24) is 0 Å². The van der Waals surface area contributed by atoms with Crippen molar-refractivity contribution in [3.63, 3.8) is 0 Å². The van der Waals surface area contributed by atoms with E-state index in [0.29, 0.717) is 23.0 Å². The highest BCUT2D eigenvalue weighted by atomic mass is 16.7. The van der Waals surface area contributed by atoms with Crippen molar-refractivity contribution < 1.29 is 33.6 Å². The zero-order chi connectivity index (χ0) is 44.4. The predicted molar refractivity (Wildman–Crippen MR) is 242 cm³/mol. The van der Waals surface area contributed by atoms with Gasteiger partial charge in [-0.2, -0.15) is 0 Å². The minimum absolute atomic E-state index is 0.00125. The fraction of sp³-hybridized carbons (Fsp3) is 0.490. The van der Waals surface area contributed by atoms with Gasteiger partial charge in [0.15, 0.2) is 0 Å². The molecular weight excluding hydrogens is 701 g/mol. The highest BCUT2D eigenvalue weighted by Crippen LogP contribution is 2.34. The lowest BCUT2D eigenvalue weighted by Gasteiger charge is -2.16. The zero-order valence-electron chi connectivity index (χ0n) is 39.3. The quantitative estimate of drug-likeness (QED) is 0.120. The molecule has 0 bridgehead atoms. The second kappa shape index (κ2) is 36.2. The van der Waals surface area contributed by atoms with Crippen LogP contribution >= 0.6 is 0 Å². The number of rotatable bonds is 11. The molecule has 0 saturated carbocycles. The molecular formula is C49H80O7. The summed E-state index contributed by atoms with van der Waals surface area (Å²) in [6.45, 7) is 39.8. The maximum absolute atomic E-state index is 11.6. The first-order valence-corrected chi connectivity index (χ1v) is 20.8. The van der Waals surface area contributed by atoms with Gasteiger partial charge in [-0.15, -0.1) is 0 Å². The topological polar surface area (TPSA) is 83.5 Å². The van der Waals surface area contributed by atoms with Crippen LogP contribution in [0.3, 0.4) is 0 Å². The Morgan fingerprint density at radius 1 is 0.482 bits per heavy atom. The normalized spacial score (nSPS) is 8.82. The number of ether oxygens (including phenoxy) is 5. The van der Waals surface area contributed by atoms with Crippen LogP contribution in [0.1, 0.15) is 141 Å². The second-order valence-corrected chi connectivity index (χ2v) is 10.5. The molecule has 0 saturated heterocycles. The molecule has 0 aliphatic rings. The second-order valence-electron chi connectivity index (χ2n) is 10.5. The molecule has 1 N–H and O–H groups in total. The summed E-state index contributed by atoms with van der Waals surface area (Å²) in [5.41, 5.74) is 7.40. The van der Waals surface area contributed by atoms with Crippen LogP contribution in [0.2, 0.25) is 0 Å². The Hall–Kier alpha value is -4.49. The molecule has 0 aliphatic carbocycles. The Bertz CT molecular complexity index is 1550. The molecule has 56 heavy (non-hydrogen) atoms. The zero-order valence-corrected chi connectivity index (χ0v) is 39.3. The predicted octanol–water partition coefficient (Wildman–Crippen LogP) is 14.9. The molecule has 0 unspecified atom stereocenters. The number of esters is 1. The number of benzene rings is 4. The molecule has 0 spiro atoms. The summed E-state index contributed by atoms with van der Waals surface area (Å²) >= 11 is 0. The minimum Gasteiger partial charge on any atom is -0.469 e. The van der Waals surface area contributed by atoms with Gasteiger partial charge in [0.2, 0.25) is 6.79 Å².